The average molecular weight is 485 g/mol. The zero-order chi connectivity index (χ0) is 23.5. The molecule has 1 aromatic carbocycles. The molecule has 2 heterocycles. The average Bonchev–Trinajstić information content (AvgIpc) is 3.04. The molecule has 3 rings (SSSR count). The summed E-state index contributed by atoms with van der Waals surface area (Å²) in [5.74, 6) is -1.57. The number of anilines is 1. The van der Waals surface area contributed by atoms with Crippen LogP contribution in [0.3, 0.4) is 0 Å². The van der Waals surface area contributed by atoms with Crippen molar-refractivity contribution >= 4 is 39.1 Å². The smallest absolute Gasteiger partial charge is 0.257 e. The fourth-order valence-electron chi connectivity index (χ4n) is 3.78. The van der Waals surface area contributed by atoms with Gasteiger partial charge in [-0.05, 0) is 51.3 Å². The van der Waals surface area contributed by atoms with Crippen LogP contribution in [0.4, 0.5) is 10.1 Å². The zero-order valence-electron chi connectivity index (χ0n) is 17.9. The number of carbonyl (C=O) groups is 2. The number of hydrogen-bond acceptors (Lipinski definition) is 4. The predicted octanol–water partition coefficient (Wildman–Crippen LogP) is 3.36. The highest BCUT2D eigenvalue weighted by Gasteiger charge is 2.31. The standard InChI is InChI=1S/C21H26ClFN4O4S/c1-13-19(21(29)27-10-4-3-5-11-27)20(14(2)25-13)32(30,31)24-9-8-18(28)26-17-7-6-15(22)12-16(17)23/h6-7,12,24-25H,3-5,8-11H2,1-2H3,(H,26,28). The topological polar surface area (TPSA) is 111 Å². The van der Waals surface area contributed by atoms with E-state index in [-0.39, 0.29) is 40.0 Å². The van der Waals surface area contributed by atoms with E-state index in [9.17, 15) is 22.4 Å². The second kappa shape index (κ2) is 10.0. The molecule has 0 bridgehead atoms. The van der Waals surface area contributed by atoms with E-state index in [1.54, 1.807) is 18.7 Å². The van der Waals surface area contributed by atoms with Crippen LogP contribution < -0.4 is 10.0 Å². The maximum absolute atomic E-state index is 13.8. The Morgan fingerprint density at radius 1 is 1.16 bits per heavy atom. The molecule has 2 amide bonds. The van der Waals surface area contributed by atoms with E-state index >= 15 is 0 Å². The number of hydrogen-bond donors (Lipinski definition) is 3. The number of benzene rings is 1. The number of H-pyrrole nitrogens is 1. The first-order valence-electron chi connectivity index (χ1n) is 10.3. The van der Waals surface area contributed by atoms with Crippen LogP contribution >= 0.6 is 11.6 Å². The highest BCUT2D eigenvalue weighted by molar-refractivity contribution is 7.89. The normalized spacial score (nSPS) is 14.4. The number of amides is 2. The Labute approximate surface area is 191 Å². The van der Waals surface area contributed by atoms with Crippen molar-refractivity contribution in [1.82, 2.24) is 14.6 Å². The second-order valence-electron chi connectivity index (χ2n) is 7.75. The number of nitrogens with zero attached hydrogens (tertiary/aromatic N) is 1. The molecule has 2 aromatic rings. The van der Waals surface area contributed by atoms with Crippen molar-refractivity contribution in [2.75, 3.05) is 25.0 Å². The van der Waals surface area contributed by atoms with Crippen LogP contribution in [0.1, 0.15) is 47.4 Å². The van der Waals surface area contributed by atoms with Gasteiger partial charge in [0.05, 0.1) is 11.3 Å². The van der Waals surface area contributed by atoms with E-state index < -0.39 is 21.7 Å². The summed E-state index contributed by atoms with van der Waals surface area (Å²) >= 11 is 5.69. The lowest BCUT2D eigenvalue weighted by Crippen LogP contribution is -2.37. The first-order chi connectivity index (χ1) is 15.1. The molecular formula is C21H26ClFN4O4S. The molecule has 0 spiro atoms. The summed E-state index contributed by atoms with van der Waals surface area (Å²) in [5, 5.41) is 2.57. The molecule has 8 nitrogen and oxygen atoms in total. The highest BCUT2D eigenvalue weighted by atomic mass is 35.5. The number of sulfonamides is 1. The van der Waals surface area contributed by atoms with Gasteiger partial charge in [-0.3, -0.25) is 9.59 Å². The number of rotatable bonds is 7. The number of carbonyl (C=O) groups excluding carboxylic acids is 2. The fourth-order valence-corrected chi connectivity index (χ4v) is 5.42. The van der Waals surface area contributed by atoms with Gasteiger partial charge in [-0.2, -0.15) is 0 Å². The number of aryl methyl sites for hydroxylation is 2. The second-order valence-corrected chi connectivity index (χ2v) is 9.89. The number of piperidine rings is 1. The van der Waals surface area contributed by atoms with Crippen LogP contribution in [0.25, 0.3) is 0 Å². The zero-order valence-corrected chi connectivity index (χ0v) is 19.5. The third kappa shape index (κ3) is 5.48. The lowest BCUT2D eigenvalue weighted by molar-refractivity contribution is -0.116. The lowest BCUT2D eigenvalue weighted by atomic mass is 10.1. The largest absolute Gasteiger partial charge is 0.361 e. The van der Waals surface area contributed by atoms with Gasteiger partial charge >= 0.3 is 0 Å². The van der Waals surface area contributed by atoms with Gasteiger partial charge < -0.3 is 15.2 Å². The van der Waals surface area contributed by atoms with Gasteiger partial charge in [0.1, 0.15) is 10.7 Å². The maximum Gasteiger partial charge on any atom is 0.257 e. The Morgan fingerprint density at radius 2 is 1.84 bits per heavy atom. The monoisotopic (exact) mass is 484 g/mol. The molecule has 0 saturated carbocycles. The van der Waals surface area contributed by atoms with E-state index in [1.807, 2.05) is 0 Å². The van der Waals surface area contributed by atoms with Gasteiger partial charge in [0, 0.05) is 42.5 Å². The van der Waals surface area contributed by atoms with Gasteiger partial charge in [0.15, 0.2) is 0 Å². The molecule has 3 N–H and O–H groups in total. The van der Waals surface area contributed by atoms with Crippen molar-refractivity contribution in [2.24, 2.45) is 0 Å². The van der Waals surface area contributed by atoms with Crippen molar-refractivity contribution in [3.63, 3.8) is 0 Å². The summed E-state index contributed by atoms with van der Waals surface area (Å²) in [6, 6.07) is 3.82. The van der Waals surface area contributed by atoms with Crippen LogP contribution in [0.5, 0.6) is 0 Å². The minimum Gasteiger partial charge on any atom is -0.361 e. The molecule has 1 aliphatic heterocycles. The Balaban J connectivity index is 1.69. The van der Waals surface area contributed by atoms with Crippen molar-refractivity contribution in [3.8, 4) is 0 Å². The predicted molar refractivity (Wildman–Crippen MR) is 120 cm³/mol. The molecule has 1 saturated heterocycles. The molecule has 1 aliphatic rings. The molecule has 1 aromatic heterocycles. The summed E-state index contributed by atoms with van der Waals surface area (Å²) in [4.78, 5) is 29.7. The molecule has 32 heavy (non-hydrogen) atoms. The molecule has 0 unspecified atom stereocenters. The van der Waals surface area contributed by atoms with E-state index in [0.717, 1.165) is 25.3 Å². The number of likely N-dealkylation sites (tertiary alicyclic amines) is 1. The molecular weight excluding hydrogens is 459 g/mol. The van der Waals surface area contributed by atoms with Gasteiger partial charge in [-0.15, -0.1) is 0 Å². The Kier molecular flexibility index (Phi) is 7.58. The van der Waals surface area contributed by atoms with Crippen molar-refractivity contribution < 1.29 is 22.4 Å². The van der Waals surface area contributed by atoms with Crippen LogP contribution in [0.15, 0.2) is 23.1 Å². The Bertz CT molecular complexity index is 1130. The van der Waals surface area contributed by atoms with Crippen molar-refractivity contribution in [3.05, 3.63) is 46.0 Å². The quantitative estimate of drug-likeness (QED) is 0.559. The number of nitrogens with one attached hydrogen (secondary N) is 3. The van der Waals surface area contributed by atoms with E-state index in [1.165, 1.54) is 12.1 Å². The summed E-state index contributed by atoms with van der Waals surface area (Å²) in [5.41, 5.74) is 0.913. The summed E-state index contributed by atoms with van der Waals surface area (Å²) in [7, 11) is -4.07. The molecule has 0 radical (unpaired) electrons. The minimum absolute atomic E-state index is 0.0474. The first-order valence-corrected chi connectivity index (χ1v) is 12.2. The summed E-state index contributed by atoms with van der Waals surface area (Å²) in [6.07, 6.45) is 2.60. The van der Waals surface area contributed by atoms with Crippen molar-refractivity contribution in [1.29, 1.82) is 0 Å². The maximum atomic E-state index is 13.8. The van der Waals surface area contributed by atoms with E-state index in [2.05, 4.69) is 15.0 Å². The molecule has 0 atom stereocenters. The van der Waals surface area contributed by atoms with Crippen LogP contribution in [-0.2, 0) is 14.8 Å². The first kappa shape index (κ1) is 24.2. The fraction of sp³-hybridized carbons (Fsp3) is 0.429. The SMILES string of the molecule is Cc1[nH]c(C)c(S(=O)(=O)NCCC(=O)Nc2ccc(Cl)cc2F)c1C(=O)N1CCCCC1. The van der Waals surface area contributed by atoms with Crippen molar-refractivity contribution in [2.45, 2.75) is 44.4 Å². The number of halogens is 2. The molecule has 174 valence electrons. The van der Waals surface area contributed by atoms with Gasteiger partial charge in [0.25, 0.3) is 5.91 Å². The summed E-state index contributed by atoms with van der Waals surface area (Å²) < 4.78 is 42.2. The Morgan fingerprint density at radius 3 is 2.50 bits per heavy atom. The highest BCUT2D eigenvalue weighted by Crippen LogP contribution is 2.26. The van der Waals surface area contributed by atoms with Gasteiger partial charge in [0.2, 0.25) is 15.9 Å². The lowest BCUT2D eigenvalue weighted by Gasteiger charge is -2.27. The van der Waals surface area contributed by atoms with Crippen LogP contribution in [-0.4, -0.2) is 49.8 Å². The van der Waals surface area contributed by atoms with E-state index in [0.29, 0.717) is 24.5 Å². The minimum atomic E-state index is -4.07. The van der Waals surface area contributed by atoms with Crippen LogP contribution in [0, 0.1) is 19.7 Å². The number of aromatic nitrogens is 1. The number of aromatic amines is 1. The molecule has 1 fully saturated rings. The molecule has 11 heteroatoms. The van der Waals surface area contributed by atoms with Gasteiger partial charge in [-0.1, -0.05) is 11.6 Å². The van der Waals surface area contributed by atoms with Crippen LogP contribution in [0.2, 0.25) is 5.02 Å². The Hall–Kier alpha value is -2.43. The van der Waals surface area contributed by atoms with E-state index in [4.69, 9.17) is 11.6 Å². The van der Waals surface area contributed by atoms with Gasteiger partial charge in [-0.25, -0.2) is 17.5 Å². The summed E-state index contributed by atoms with van der Waals surface area (Å²) in [6.45, 7) is 4.22. The third-order valence-corrected chi connectivity index (χ3v) is 7.16. The third-order valence-electron chi connectivity index (χ3n) is 5.29. The molecule has 0 aliphatic carbocycles.